The molecule has 36 heavy (non-hydrogen) atoms. The second kappa shape index (κ2) is 9.56. The van der Waals surface area contributed by atoms with Gasteiger partial charge in [0.1, 0.15) is 0 Å². The fourth-order valence-corrected chi connectivity index (χ4v) is 5.70. The summed E-state index contributed by atoms with van der Waals surface area (Å²) in [5.41, 5.74) is 3.94. The number of sulfonamides is 1. The van der Waals surface area contributed by atoms with E-state index in [0.717, 1.165) is 27.0 Å². The van der Waals surface area contributed by atoms with Gasteiger partial charge < -0.3 is 5.32 Å². The predicted octanol–water partition coefficient (Wildman–Crippen LogP) is 6.63. The first kappa shape index (κ1) is 23.7. The van der Waals surface area contributed by atoms with Crippen LogP contribution in [0.5, 0.6) is 0 Å². The van der Waals surface area contributed by atoms with Crippen molar-refractivity contribution in [2.45, 2.75) is 18.7 Å². The van der Waals surface area contributed by atoms with Crippen LogP contribution in [0.2, 0.25) is 0 Å². The molecule has 0 aliphatic heterocycles. The summed E-state index contributed by atoms with van der Waals surface area (Å²) in [4.78, 5) is 20.4. The molecule has 0 spiro atoms. The largest absolute Gasteiger partial charge is 0.322 e. The van der Waals surface area contributed by atoms with Crippen molar-refractivity contribution in [3.8, 4) is 10.6 Å². The Bertz CT molecular complexity index is 1670. The van der Waals surface area contributed by atoms with Gasteiger partial charge in [-0.1, -0.05) is 35.9 Å². The van der Waals surface area contributed by atoms with Gasteiger partial charge >= 0.3 is 0 Å². The predicted molar refractivity (Wildman–Crippen MR) is 146 cm³/mol. The molecule has 1 amide bonds. The van der Waals surface area contributed by atoms with E-state index < -0.39 is 10.0 Å². The van der Waals surface area contributed by atoms with Crippen LogP contribution >= 0.6 is 11.3 Å². The van der Waals surface area contributed by atoms with Crippen LogP contribution < -0.4 is 10.0 Å². The molecule has 2 N–H and O–H groups in total. The van der Waals surface area contributed by atoms with Crippen LogP contribution in [-0.4, -0.2) is 19.3 Å². The maximum Gasteiger partial charge on any atom is 0.261 e. The average Bonchev–Trinajstić information content (AvgIpc) is 3.31. The van der Waals surface area contributed by atoms with E-state index in [4.69, 9.17) is 4.98 Å². The minimum absolute atomic E-state index is 0.187. The van der Waals surface area contributed by atoms with Crippen molar-refractivity contribution in [1.82, 2.24) is 4.98 Å². The monoisotopic (exact) mass is 513 g/mol. The number of hydrogen-bond acceptors (Lipinski definition) is 5. The van der Waals surface area contributed by atoms with E-state index in [0.29, 0.717) is 16.9 Å². The van der Waals surface area contributed by atoms with Crippen LogP contribution in [0.4, 0.5) is 11.4 Å². The first-order chi connectivity index (χ1) is 17.3. The maximum absolute atomic E-state index is 13.3. The Labute approximate surface area is 213 Å². The van der Waals surface area contributed by atoms with Gasteiger partial charge in [-0.15, -0.1) is 11.3 Å². The van der Waals surface area contributed by atoms with E-state index in [-0.39, 0.29) is 10.8 Å². The topological polar surface area (TPSA) is 88.2 Å². The molecule has 6 nitrogen and oxygen atoms in total. The molecule has 2 heterocycles. The number of para-hydroxylation sites is 1. The van der Waals surface area contributed by atoms with Gasteiger partial charge in [-0.3, -0.25) is 9.52 Å². The van der Waals surface area contributed by atoms with Gasteiger partial charge in [-0.2, -0.15) is 0 Å². The van der Waals surface area contributed by atoms with E-state index in [9.17, 15) is 13.2 Å². The van der Waals surface area contributed by atoms with Crippen molar-refractivity contribution in [3.63, 3.8) is 0 Å². The number of aromatic nitrogens is 1. The summed E-state index contributed by atoms with van der Waals surface area (Å²) in [5.74, 6) is -0.267. The molecule has 3 aromatic carbocycles. The van der Waals surface area contributed by atoms with E-state index in [1.807, 2.05) is 56.3 Å². The second-order valence-electron chi connectivity index (χ2n) is 8.43. The SMILES string of the molecule is Cc1ccc(S(=O)(=O)Nc2ccc(NC(=O)c3cc(-c4ccc(C)s4)nc4ccccc34)cc2)cc1. The molecule has 0 bridgehead atoms. The van der Waals surface area contributed by atoms with Crippen molar-refractivity contribution in [2.75, 3.05) is 10.0 Å². The first-order valence-electron chi connectivity index (χ1n) is 11.3. The molecule has 0 aliphatic carbocycles. The number of anilines is 2. The zero-order valence-electron chi connectivity index (χ0n) is 19.6. The third-order valence-electron chi connectivity index (χ3n) is 5.68. The fraction of sp³-hybridized carbons (Fsp3) is 0.0714. The Morgan fingerprint density at radius 3 is 2.22 bits per heavy atom. The highest BCUT2D eigenvalue weighted by Crippen LogP contribution is 2.30. The van der Waals surface area contributed by atoms with Crippen molar-refractivity contribution >= 4 is 49.5 Å². The number of aryl methyl sites for hydroxylation is 2. The van der Waals surface area contributed by atoms with E-state index in [1.165, 1.54) is 4.88 Å². The Morgan fingerprint density at radius 2 is 1.53 bits per heavy atom. The average molecular weight is 514 g/mol. The molecule has 0 unspecified atom stereocenters. The van der Waals surface area contributed by atoms with Gasteiger partial charge in [0.15, 0.2) is 0 Å². The Kier molecular flexibility index (Phi) is 6.30. The fourth-order valence-electron chi connectivity index (χ4n) is 3.81. The highest BCUT2D eigenvalue weighted by Gasteiger charge is 2.16. The van der Waals surface area contributed by atoms with Gasteiger partial charge in [0.05, 0.1) is 26.5 Å². The summed E-state index contributed by atoms with van der Waals surface area (Å²) in [6, 6.07) is 26.6. The van der Waals surface area contributed by atoms with Crippen molar-refractivity contribution in [1.29, 1.82) is 0 Å². The minimum Gasteiger partial charge on any atom is -0.322 e. The highest BCUT2D eigenvalue weighted by atomic mass is 32.2. The number of nitrogens with one attached hydrogen (secondary N) is 2. The molecule has 0 radical (unpaired) electrons. The zero-order chi connectivity index (χ0) is 25.3. The van der Waals surface area contributed by atoms with Gasteiger partial charge in [0.2, 0.25) is 0 Å². The normalized spacial score (nSPS) is 11.4. The summed E-state index contributed by atoms with van der Waals surface area (Å²) in [6.45, 7) is 3.93. The van der Waals surface area contributed by atoms with Crippen LogP contribution in [0.15, 0.2) is 95.9 Å². The van der Waals surface area contributed by atoms with Gasteiger partial charge in [0, 0.05) is 21.6 Å². The van der Waals surface area contributed by atoms with Crippen LogP contribution in [0, 0.1) is 13.8 Å². The number of carbonyl (C=O) groups excluding carboxylic acids is 1. The number of thiophene rings is 1. The lowest BCUT2D eigenvalue weighted by molar-refractivity contribution is 0.102. The number of hydrogen-bond donors (Lipinski definition) is 2. The lowest BCUT2D eigenvalue weighted by Gasteiger charge is -2.11. The number of carbonyl (C=O) groups is 1. The third kappa shape index (κ3) is 5.00. The Balaban J connectivity index is 1.38. The third-order valence-corrected chi connectivity index (χ3v) is 8.10. The van der Waals surface area contributed by atoms with Crippen molar-refractivity contribution in [3.05, 3.63) is 107 Å². The van der Waals surface area contributed by atoms with Gasteiger partial charge in [0.25, 0.3) is 15.9 Å². The molecule has 5 aromatic rings. The zero-order valence-corrected chi connectivity index (χ0v) is 21.3. The molecule has 0 fully saturated rings. The van der Waals surface area contributed by atoms with Gasteiger partial charge in [-0.25, -0.2) is 13.4 Å². The summed E-state index contributed by atoms with van der Waals surface area (Å²) < 4.78 is 27.9. The van der Waals surface area contributed by atoms with Crippen LogP contribution in [0.3, 0.4) is 0 Å². The summed E-state index contributed by atoms with van der Waals surface area (Å²) in [5, 5.41) is 3.68. The molecule has 0 atom stereocenters. The number of nitrogens with zero attached hydrogens (tertiary/aromatic N) is 1. The number of rotatable bonds is 6. The van der Waals surface area contributed by atoms with E-state index in [2.05, 4.69) is 10.0 Å². The van der Waals surface area contributed by atoms with Gasteiger partial charge in [-0.05, 0) is 74.5 Å². The second-order valence-corrected chi connectivity index (χ2v) is 11.4. The molecule has 8 heteroatoms. The Morgan fingerprint density at radius 1 is 0.833 bits per heavy atom. The molecule has 0 saturated carbocycles. The smallest absolute Gasteiger partial charge is 0.261 e. The van der Waals surface area contributed by atoms with Crippen LogP contribution in [-0.2, 0) is 10.0 Å². The van der Waals surface area contributed by atoms with Crippen LogP contribution in [0.1, 0.15) is 20.8 Å². The molecule has 2 aromatic heterocycles. The Hall–Kier alpha value is -4.01. The molecule has 180 valence electrons. The summed E-state index contributed by atoms with van der Waals surface area (Å²) in [6.07, 6.45) is 0. The summed E-state index contributed by atoms with van der Waals surface area (Å²) in [7, 11) is -3.71. The number of benzene rings is 3. The lowest BCUT2D eigenvalue weighted by atomic mass is 10.1. The molecule has 0 saturated heterocycles. The van der Waals surface area contributed by atoms with E-state index >= 15 is 0 Å². The number of fused-ring (bicyclic) bond motifs is 1. The molecule has 0 aliphatic rings. The maximum atomic E-state index is 13.3. The van der Waals surface area contributed by atoms with Crippen molar-refractivity contribution in [2.24, 2.45) is 0 Å². The summed E-state index contributed by atoms with van der Waals surface area (Å²) >= 11 is 1.63. The minimum atomic E-state index is -3.71. The quantitative estimate of drug-likeness (QED) is 0.267. The van der Waals surface area contributed by atoms with Crippen molar-refractivity contribution < 1.29 is 13.2 Å². The standard InChI is InChI=1S/C28H23N3O3S2/c1-18-7-14-22(15-8-18)36(33,34)31-21-12-10-20(11-13-21)29-28(32)24-17-26(27-16-9-19(2)35-27)30-25-6-4-3-5-23(24)25/h3-17,31H,1-2H3,(H,29,32). The number of pyridine rings is 1. The molecular weight excluding hydrogens is 490 g/mol. The van der Waals surface area contributed by atoms with Crippen LogP contribution in [0.25, 0.3) is 21.5 Å². The van der Waals surface area contributed by atoms with E-state index in [1.54, 1.807) is 59.9 Å². The molecule has 5 rings (SSSR count). The first-order valence-corrected chi connectivity index (χ1v) is 13.6. The highest BCUT2D eigenvalue weighted by molar-refractivity contribution is 7.92. The molecular formula is C28H23N3O3S2. The lowest BCUT2D eigenvalue weighted by Crippen LogP contribution is -2.14. The number of amides is 1.